The number of hydrogen-bond donors (Lipinski definition) is 18. The maximum atomic E-state index is 14.8. The van der Waals surface area contributed by atoms with Gasteiger partial charge in [0, 0.05) is 68.4 Å². The van der Waals surface area contributed by atoms with Crippen LogP contribution in [0.15, 0.2) is 36.4 Å². The van der Waals surface area contributed by atoms with Gasteiger partial charge in [-0.05, 0) is 60.8 Å². The zero-order valence-corrected chi connectivity index (χ0v) is 59.4. The zero-order valence-electron chi connectivity index (χ0n) is 59.4. The maximum absolute atomic E-state index is 14.8. The summed E-state index contributed by atoms with van der Waals surface area (Å²) in [5.74, 6) is -2.95. The molecule has 0 bridgehead atoms. The van der Waals surface area contributed by atoms with E-state index in [9.17, 15) is 91.3 Å². The van der Waals surface area contributed by atoms with Crippen LogP contribution < -0.4 is 21.6 Å². The highest BCUT2D eigenvalue weighted by atomic mass is 16.5. The lowest BCUT2D eigenvalue weighted by Crippen LogP contribution is -2.44. The molecule has 590 valence electrons. The van der Waals surface area contributed by atoms with Gasteiger partial charge in [-0.25, -0.2) is 0 Å². The second-order valence-corrected chi connectivity index (χ2v) is 26.1. The van der Waals surface area contributed by atoms with Crippen molar-refractivity contribution >= 4 is 38.4 Å². The van der Waals surface area contributed by atoms with Gasteiger partial charge in [-0.2, -0.15) is 0 Å². The summed E-state index contributed by atoms with van der Waals surface area (Å²) >= 11 is 0. The molecule has 34 heteroatoms. The Morgan fingerprint density at radius 3 is 0.748 bits per heavy atom. The van der Waals surface area contributed by atoms with Crippen LogP contribution in [-0.4, -0.2) is 382 Å². The lowest BCUT2D eigenvalue weighted by Gasteiger charge is -2.33. The van der Waals surface area contributed by atoms with Crippen molar-refractivity contribution in [1.29, 1.82) is 0 Å². The number of benzene rings is 2. The number of ether oxygens (including phenoxy) is 12. The zero-order chi connectivity index (χ0) is 75.6. The topological polar surface area (TPSA) is 493 Å². The highest BCUT2D eigenvalue weighted by Crippen LogP contribution is 2.53. The van der Waals surface area contributed by atoms with Gasteiger partial charge in [0.2, 0.25) is 11.8 Å². The monoisotopic (exact) mass is 1480 g/mol. The molecular weight excluding hydrogens is 1360 g/mol. The van der Waals surface area contributed by atoms with Crippen LogP contribution in [0.25, 0.3) is 11.1 Å². The number of rotatable bonds is 68. The number of nitrogens with one attached hydrogen (secondary N) is 2. The number of carbonyl (C=O) groups excluding carboxylic acids is 2. The summed E-state index contributed by atoms with van der Waals surface area (Å²) in [6, 6.07) is 9.12. The van der Waals surface area contributed by atoms with Gasteiger partial charge in [0.15, 0.2) is 0 Å². The normalized spacial score (nSPS) is 16.9. The van der Waals surface area contributed by atoms with E-state index in [0.717, 1.165) is 22.3 Å². The minimum Gasteiger partial charge on any atom is -0.396 e. The van der Waals surface area contributed by atoms with Crippen LogP contribution in [0, 0.1) is 23.7 Å². The minimum absolute atomic E-state index is 0.00559. The molecule has 18 N–H and O–H groups in total. The van der Waals surface area contributed by atoms with Crippen LogP contribution in [0.1, 0.15) is 62.5 Å². The Labute approximate surface area is 606 Å². The quantitative estimate of drug-likeness (QED) is 0.0274. The fourth-order valence-electron chi connectivity index (χ4n) is 10.9. The molecule has 1 aliphatic carbocycles. The first-order chi connectivity index (χ1) is 49.6. The molecule has 0 fully saturated rings. The van der Waals surface area contributed by atoms with Gasteiger partial charge in [-0.15, -0.1) is 0 Å². The fourth-order valence-corrected chi connectivity index (χ4v) is 10.9. The molecular formula is C69H118B2N2O30. The van der Waals surface area contributed by atoms with E-state index in [0.29, 0.717) is 10.9 Å². The Bertz CT molecular complexity index is 2220. The predicted molar refractivity (Wildman–Crippen MR) is 373 cm³/mol. The van der Waals surface area contributed by atoms with E-state index in [4.69, 9.17) is 72.5 Å². The summed E-state index contributed by atoms with van der Waals surface area (Å²) in [7, 11) is 13.1. The van der Waals surface area contributed by atoms with Gasteiger partial charge in [-0.3, -0.25) is 9.59 Å². The van der Waals surface area contributed by atoms with E-state index < -0.39 is 128 Å². The van der Waals surface area contributed by atoms with Crippen LogP contribution in [0.2, 0.25) is 0 Å². The second kappa shape index (κ2) is 56.6. The third-order valence-electron chi connectivity index (χ3n) is 16.4. The molecule has 0 heterocycles. The standard InChI is InChI=1S/C69H118B2N2O30/c70-51-1-3-63-64-4-2-52(71)18-66(64)69(65(63)17-51,11-5-67(90)72-53(35-92-23-47(31-100-43-59(86)19-78)27-96-39-55(82)7-13-74)36-93-24-48(32-101-44-60(87)20-79)28-97-40-56(83)8-14-75)12-6-68(91)73-54(37-94-25-49(33-102-45-61(88)21-80)29-98-41-57(84)9-15-76)38-95-26-50(34-103-46-62(89)22-81)30-99-42-58(85)10-16-77/h1-4,17-18,47-50,53-62,74-89H,5-16,19-46H2,(H,72,90)(H,73,91). The van der Waals surface area contributed by atoms with Gasteiger partial charge in [0.25, 0.3) is 0 Å². The van der Waals surface area contributed by atoms with Crippen molar-refractivity contribution in [2.45, 2.75) is 118 Å². The Hall–Kier alpha value is -3.61. The summed E-state index contributed by atoms with van der Waals surface area (Å²) < 4.78 is 70.5. The van der Waals surface area contributed by atoms with Crippen molar-refractivity contribution in [3.05, 3.63) is 47.5 Å². The Kier molecular flexibility index (Phi) is 51.4. The Morgan fingerprint density at radius 2 is 0.534 bits per heavy atom. The van der Waals surface area contributed by atoms with Crippen molar-refractivity contribution in [3.63, 3.8) is 0 Å². The number of amides is 2. The van der Waals surface area contributed by atoms with Crippen LogP contribution in [0.4, 0.5) is 0 Å². The highest BCUT2D eigenvalue weighted by Gasteiger charge is 2.44. The molecule has 0 aliphatic heterocycles. The molecule has 2 aromatic carbocycles. The van der Waals surface area contributed by atoms with Gasteiger partial charge in [0.05, 0.1) is 221 Å². The van der Waals surface area contributed by atoms with Crippen LogP contribution in [-0.2, 0) is 71.8 Å². The van der Waals surface area contributed by atoms with Crippen molar-refractivity contribution in [2.75, 3.05) is 211 Å². The number of carbonyl (C=O) groups is 2. The van der Waals surface area contributed by atoms with E-state index in [2.05, 4.69) is 10.6 Å². The smallest absolute Gasteiger partial charge is 0.220 e. The van der Waals surface area contributed by atoms with Crippen LogP contribution in [0.5, 0.6) is 0 Å². The lowest BCUT2D eigenvalue weighted by molar-refractivity contribution is -0.123. The SMILES string of the molecule is [B]c1ccc2c(c1)C(CCC(=O)NC(COCC(COCC(O)CO)COCC(O)CCO)COCC(COCC(O)CO)COCC(O)CCO)(CCC(=O)NC(COCC(COCC(O)CO)COCC(O)CCO)COCC(COCC(O)CO)COCC(O)CCO)c1cc([B])ccc1-2. The summed E-state index contributed by atoms with van der Waals surface area (Å²) in [6.45, 7) is -5.30. The van der Waals surface area contributed by atoms with Gasteiger partial charge in [-0.1, -0.05) is 47.3 Å². The first-order valence-electron chi connectivity index (χ1n) is 35.3. The largest absolute Gasteiger partial charge is 0.396 e. The first-order valence-corrected chi connectivity index (χ1v) is 35.3. The van der Waals surface area contributed by atoms with E-state index in [1.807, 2.05) is 24.3 Å². The molecule has 2 amide bonds. The maximum Gasteiger partial charge on any atom is 0.220 e. The molecule has 4 radical (unpaired) electrons. The van der Waals surface area contributed by atoms with E-state index in [1.54, 1.807) is 12.1 Å². The summed E-state index contributed by atoms with van der Waals surface area (Å²) in [4.78, 5) is 29.5. The van der Waals surface area contributed by atoms with Gasteiger partial charge < -0.3 is 149 Å². The number of aliphatic hydroxyl groups is 16. The van der Waals surface area contributed by atoms with E-state index in [-0.39, 0.29) is 236 Å². The Balaban J connectivity index is 2.02. The third kappa shape index (κ3) is 40.4. The average molecular weight is 1480 g/mol. The number of fused-ring (bicyclic) bond motifs is 3. The second-order valence-electron chi connectivity index (χ2n) is 26.1. The van der Waals surface area contributed by atoms with Crippen LogP contribution in [0.3, 0.4) is 0 Å². The molecule has 0 saturated heterocycles. The summed E-state index contributed by atoms with van der Waals surface area (Å²) in [5.41, 5.74) is 2.76. The fraction of sp³-hybridized carbons (Fsp3) is 0.797. The van der Waals surface area contributed by atoms with Crippen molar-refractivity contribution < 1.29 is 148 Å². The molecule has 0 saturated carbocycles. The van der Waals surface area contributed by atoms with Crippen molar-refractivity contribution in [3.8, 4) is 11.1 Å². The summed E-state index contributed by atoms with van der Waals surface area (Å²) in [6.07, 6.45) is -8.30. The molecule has 103 heavy (non-hydrogen) atoms. The van der Waals surface area contributed by atoms with Crippen molar-refractivity contribution in [1.82, 2.24) is 10.6 Å². The minimum atomic E-state index is -1.16. The molecule has 3 rings (SSSR count). The molecule has 12 atom stereocenters. The van der Waals surface area contributed by atoms with E-state index >= 15 is 0 Å². The lowest BCUT2D eigenvalue weighted by atomic mass is 9.69. The number of hydrogen-bond acceptors (Lipinski definition) is 30. The average Bonchev–Trinajstić information content (AvgIpc) is 1.57. The van der Waals surface area contributed by atoms with Gasteiger partial charge >= 0.3 is 0 Å². The summed E-state index contributed by atoms with van der Waals surface area (Å²) in [5, 5.41) is 162. The van der Waals surface area contributed by atoms with E-state index in [1.165, 1.54) is 0 Å². The van der Waals surface area contributed by atoms with Crippen LogP contribution >= 0.6 is 0 Å². The number of aliphatic hydroxyl groups excluding tert-OH is 16. The molecule has 0 spiro atoms. The Morgan fingerprint density at radius 1 is 0.320 bits per heavy atom. The molecule has 0 aromatic heterocycles. The molecule has 32 nitrogen and oxygen atoms in total. The molecule has 12 unspecified atom stereocenters. The highest BCUT2D eigenvalue weighted by molar-refractivity contribution is 6.33. The molecule has 2 aromatic rings. The van der Waals surface area contributed by atoms with Crippen molar-refractivity contribution in [2.24, 2.45) is 23.7 Å². The predicted octanol–water partition coefficient (Wildman–Crippen LogP) is -6.88. The van der Waals surface area contributed by atoms with Gasteiger partial charge in [0.1, 0.15) is 40.1 Å². The first kappa shape index (κ1) is 93.6. The third-order valence-corrected chi connectivity index (χ3v) is 16.4. The molecule has 1 aliphatic rings.